The lowest BCUT2D eigenvalue weighted by molar-refractivity contribution is -0.109. The molecule has 0 saturated heterocycles. The highest BCUT2D eigenvalue weighted by Crippen LogP contribution is 2.01. The summed E-state index contributed by atoms with van der Waals surface area (Å²) in [6.45, 7) is 0.961. The Morgan fingerprint density at radius 3 is 2.60 bits per heavy atom. The summed E-state index contributed by atoms with van der Waals surface area (Å²) < 4.78 is 57.1. The van der Waals surface area contributed by atoms with E-state index in [-0.39, 0.29) is 11.8 Å². The van der Waals surface area contributed by atoms with Crippen molar-refractivity contribution < 1.29 is 23.2 Å². The molecule has 0 saturated carbocycles. The molecule has 0 amide bonds. The van der Waals surface area contributed by atoms with Crippen molar-refractivity contribution in [2.45, 2.75) is 6.92 Å². The number of carbonyl (C=O) groups excluding carboxylic acids is 1. The first-order chi connectivity index (χ1) is 5.92. The van der Waals surface area contributed by atoms with E-state index in [1.54, 1.807) is 0 Å². The highest BCUT2D eigenvalue weighted by molar-refractivity contribution is 8.13. The number of thioether (sulfide) groups is 1. The van der Waals surface area contributed by atoms with Crippen molar-refractivity contribution in [2.24, 2.45) is 0 Å². The van der Waals surface area contributed by atoms with Crippen LogP contribution in [0.15, 0.2) is 0 Å². The van der Waals surface area contributed by atoms with E-state index in [2.05, 4.69) is 0 Å². The fraction of sp³-hybridized carbons (Fsp3) is 0.750. The van der Waals surface area contributed by atoms with E-state index in [1.807, 2.05) is 0 Å². The summed E-state index contributed by atoms with van der Waals surface area (Å²) in [5.41, 5.74) is -6.57. The predicted molar refractivity (Wildman–Crippen MR) is 39.6 cm³/mol. The van der Waals surface area contributed by atoms with Gasteiger partial charge in [-0.2, -0.15) is 8.42 Å². The molecular weight excluding hydrogens is 176 g/mol. The van der Waals surface area contributed by atoms with E-state index in [4.69, 9.17) is 10.0 Å². The van der Waals surface area contributed by atoms with Crippen molar-refractivity contribution in [1.82, 2.24) is 0 Å². The smallest absolute Gasteiger partial charge is 0.265 e. The van der Waals surface area contributed by atoms with E-state index in [0.29, 0.717) is 0 Å². The molecule has 0 aromatic heterocycles. The van der Waals surface area contributed by atoms with Crippen molar-refractivity contribution >= 4 is 27.0 Å². The number of hydrogen-bond acceptors (Lipinski definition) is 4. The fourth-order valence-electron chi connectivity index (χ4n) is 0.145. The van der Waals surface area contributed by atoms with Gasteiger partial charge in [-0.25, -0.2) is 0 Å². The zero-order chi connectivity index (χ0) is 11.8. The van der Waals surface area contributed by atoms with Gasteiger partial charge in [0.05, 0.1) is 5.70 Å². The van der Waals surface area contributed by atoms with Gasteiger partial charge in [0.2, 0.25) is 0 Å². The van der Waals surface area contributed by atoms with Gasteiger partial charge in [0.1, 0.15) is 0 Å². The first-order valence-electron chi connectivity index (χ1n) is 4.08. The Labute approximate surface area is 69.4 Å². The molecule has 0 spiro atoms. The van der Waals surface area contributed by atoms with Crippen molar-refractivity contribution in [3.05, 3.63) is 0 Å². The number of rotatable bonds is 3. The second-order valence-corrected chi connectivity index (χ2v) is 3.41. The van der Waals surface area contributed by atoms with Gasteiger partial charge in [-0.1, -0.05) is 11.8 Å². The molecule has 10 heavy (non-hydrogen) atoms. The summed E-state index contributed by atoms with van der Waals surface area (Å²) in [4.78, 5) is 10.5. The third kappa shape index (κ3) is 7.93. The van der Waals surface area contributed by atoms with Crippen LogP contribution in [0.4, 0.5) is 0 Å². The molecule has 0 aliphatic heterocycles. The van der Waals surface area contributed by atoms with Crippen LogP contribution < -0.4 is 0 Å². The Balaban J connectivity index is 5.18. The van der Waals surface area contributed by atoms with Crippen LogP contribution in [0.2, 0.25) is 0 Å². The standard InChI is InChI=1S/C4H8O4S2/c1-4(5)9-2-3-10(6,7)8/h2-3H2,1H3,(H,6,7,8)/i2D2,3D2. The second-order valence-electron chi connectivity index (χ2n) is 1.27. The Hall–Kier alpha value is -0.0700. The van der Waals surface area contributed by atoms with Gasteiger partial charge >= 0.3 is 0 Å². The van der Waals surface area contributed by atoms with Crippen LogP contribution in [0.5, 0.6) is 0 Å². The van der Waals surface area contributed by atoms with E-state index < -0.39 is 26.6 Å². The van der Waals surface area contributed by atoms with Gasteiger partial charge < -0.3 is 0 Å². The summed E-state index contributed by atoms with van der Waals surface area (Å²) in [6, 6.07) is 0. The molecule has 0 fully saturated rings. The SMILES string of the molecule is [2H]C([2H])(SC(C)=O)C([2H])([2H])S(=O)(=O)O. The van der Waals surface area contributed by atoms with E-state index in [1.165, 1.54) is 0 Å². The summed E-state index contributed by atoms with van der Waals surface area (Å²) in [5, 5.41) is -0.789. The molecule has 0 aromatic rings. The lowest BCUT2D eigenvalue weighted by atomic mass is 10.9. The van der Waals surface area contributed by atoms with Crippen LogP contribution in [0.25, 0.3) is 0 Å². The van der Waals surface area contributed by atoms with Crippen LogP contribution >= 0.6 is 11.8 Å². The minimum absolute atomic E-state index is 0.129. The molecule has 60 valence electrons. The third-order valence-corrected chi connectivity index (χ3v) is 1.35. The second kappa shape index (κ2) is 3.95. The molecule has 0 unspecified atom stereocenters. The van der Waals surface area contributed by atoms with Gasteiger partial charge in [0.15, 0.2) is 5.12 Å². The van der Waals surface area contributed by atoms with Crippen LogP contribution in [0.3, 0.4) is 0 Å². The quantitative estimate of drug-likeness (QED) is 0.638. The van der Waals surface area contributed by atoms with Crippen LogP contribution in [0, 0.1) is 0 Å². The van der Waals surface area contributed by atoms with E-state index in [9.17, 15) is 13.2 Å². The third-order valence-electron chi connectivity index (χ3n) is 0.365. The van der Waals surface area contributed by atoms with Gasteiger partial charge in [-0.15, -0.1) is 0 Å². The fourth-order valence-corrected chi connectivity index (χ4v) is 0.877. The molecule has 4 nitrogen and oxygen atoms in total. The Morgan fingerprint density at radius 1 is 1.80 bits per heavy atom. The first-order valence-corrected chi connectivity index (χ1v) is 4.34. The average molecular weight is 188 g/mol. The summed E-state index contributed by atoms with van der Waals surface area (Å²) in [5.74, 6) is 0. The summed E-state index contributed by atoms with van der Waals surface area (Å²) >= 11 is -0.129. The van der Waals surface area contributed by atoms with Gasteiger partial charge in [0.25, 0.3) is 10.1 Å². The van der Waals surface area contributed by atoms with Gasteiger partial charge in [-0.3, -0.25) is 9.35 Å². The molecule has 0 aliphatic rings. The normalized spacial score (nSPS) is 20.2. The lowest BCUT2D eigenvalue weighted by Crippen LogP contribution is -2.06. The Morgan fingerprint density at radius 2 is 2.30 bits per heavy atom. The van der Waals surface area contributed by atoms with Gasteiger partial charge in [0, 0.05) is 18.1 Å². The molecule has 0 atom stereocenters. The molecule has 0 rings (SSSR count). The molecule has 0 aromatic carbocycles. The zero-order valence-electron chi connectivity index (χ0n) is 8.99. The largest absolute Gasteiger partial charge is 0.288 e. The minimum atomic E-state index is -5.22. The zero-order valence-corrected chi connectivity index (χ0v) is 6.62. The van der Waals surface area contributed by atoms with Crippen molar-refractivity contribution in [2.75, 3.05) is 11.4 Å². The Kier molecular flexibility index (Phi) is 1.87. The molecule has 0 bridgehead atoms. The van der Waals surface area contributed by atoms with Crippen LogP contribution in [-0.2, 0) is 14.9 Å². The van der Waals surface area contributed by atoms with Crippen molar-refractivity contribution in [3.8, 4) is 0 Å². The molecular formula is C4H8O4S2. The summed E-state index contributed by atoms with van der Waals surface area (Å²) in [6.07, 6.45) is 0. The van der Waals surface area contributed by atoms with Crippen LogP contribution in [-0.4, -0.2) is 29.5 Å². The highest BCUT2D eigenvalue weighted by atomic mass is 32.2. The van der Waals surface area contributed by atoms with E-state index in [0.717, 1.165) is 6.92 Å². The predicted octanol–water partition coefficient (Wildman–Crippen LogP) is 0.154. The maximum atomic E-state index is 10.5. The maximum absolute atomic E-state index is 10.5. The molecule has 6 heteroatoms. The molecule has 0 heterocycles. The topological polar surface area (TPSA) is 71.4 Å². The van der Waals surface area contributed by atoms with Gasteiger partial charge in [-0.05, 0) is 0 Å². The molecule has 0 radical (unpaired) electrons. The van der Waals surface area contributed by atoms with E-state index >= 15 is 0 Å². The highest BCUT2D eigenvalue weighted by Gasteiger charge is 2.04. The summed E-state index contributed by atoms with van der Waals surface area (Å²) in [7, 11) is -5.22. The average Bonchev–Trinajstić information content (AvgIpc) is 1.80. The van der Waals surface area contributed by atoms with Crippen LogP contribution in [0.1, 0.15) is 12.4 Å². The Bertz CT molecular complexity index is 335. The van der Waals surface area contributed by atoms with Crippen molar-refractivity contribution in [1.29, 1.82) is 0 Å². The maximum Gasteiger partial charge on any atom is 0.265 e. The molecule has 0 aliphatic carbocycles. The number of carbonyl (C=O) groups is 1. The number of hydrogen-bond donors (Lipinski definition) is 1. The minimum Gasteiger partial charge on any atom is -0.288 e. The molecule has 1 N–H and O–H groups in total. The van der Waals surface area contributed by atoms with Crippen molar-refractivity contribution in [3.63, 3.8) is 0 Å². The monoisotopic (exact) mass is 188 g/mol. The first kappa shape index (κ1) is 4.74. The lowest BCUT2D eigenvalue weighted by Gasteiger charge is -1.92.